The summed E-state index contributed by atoms with van der Waals surface area (Å²) in [4.78, 5) is 35.8. The summed E-state index contributed by atoms with van der Waals surface area (Å²) in [6, 6.07) is 14.7. The molecule has 4 rings (SSSR count). The number of carbonyl (C=O) groups is 3. The van der Waals surface area contributed by atoms with Crippen molar-refractivity contribution in [2.24, 2.45) is 0 Å². The van der Waals surface area contributed by atoms with Gasteiger partial charge in [-0.1, -0.05) is 0 Å². The Morgan fingerprint density at radius 2 is 1.64 bits per heavy atom. The molecule has 2 aromatic carbocycles. The normalized spacial score (nSPS) is 12.4. The number of nitrogens with one attached hydrogen (secondary N) is 3. The molecule has 28 heavy (non-hydrogen) atoms. The van der Waals surface area contributed by atoms with Crippen LogP contribution in [0, 0.1) is 0 Å². The van der Waals surface area contributed by atoms with Crippen LogP contribution in [-0.2, 0) is 4.79 Å². The Labute approximate surface area is 159 Å². The zero-order chi connectivity index (χ0) is 19.5. The molecular weight excluding hydrogens is 362 g/mol. The van der Waals surface area contributed by atoms with Gasteiger partial charge in [0.1, 0.15) is 5.75 Å². The molecule has 0 bridgehead atoms. The van der Waals surface area contributed by atoms with Crippen LogP contribution in [0.2, 0.25) is 0 Å². The maximum absolute atomic E-state index is 12.5. The summed E-state index contributed by atoms with van der Waals surface area (Å²) in [6.07, 6.45) is 1.42. The molecular formula is C20H15N3O5. The first-order valence-electron chi connectivity index (χ1n) is 8.41. The Bertz CT molecular complexity index is 1040. The molecule has 2 heterocycles. The van der Waals surface area contributed by atoms with Crippen molar-refractivity contribution in [2.45, 2.75) is 0 Å². The van der Waals surface area contributed by atoms with Crippen molar-refractivity contribution < 1.29 is 23.5 Å². The SMILES string of the molecule is O=C1COc2ccc(C(=O)Nc3ccc(NC(=O)c4ccco4)cc3)cc2N1. The van der Waals surface area contributed by atoms with Gasteiger partial charge < -0.3 is 25.1 Å². The molecule has 3 amide bonds. The molecule has 3 N–H and O–H groups in total. The number of anilines is 3. The maximum Gasteiger partial charge on any atom is 0.291 e. The van der Waals surface area contributed by atoms with Crippen LogP contribution in [0.15, 0.2) is 65.3 Å². The molecule has 0 saturated heterocycles. The average Bonchev–Trinajstić information content (AvgIpc) is 3.24. The zero-order valence-electron chi connectivity index (χ0n) is 14.5. The summed E-state index contributed by atoms with van der Waals surface area (Å²) in [7, 11) is 0. The molecule has 140 valence electrons. The quantitative estimate of drug-likeness (QED) is 0.647. The Balaban J connectivity index is 1.41. The minimum Gasteiger partial charge on any atom is -0.482 e. The van der Waals surface area contributed by atoms with Gasteiger partial charge in [-0.25, -0.2) is 0 Å². The first-order chi connectivity index (χ1) is 13.6. The van der Waals surface area contributed by atoms with Crippen LogP contribution in [0.4, 0.5) is 17.1 Å². The van der Waals surface area contributed by atoms with Crippen LogP contribution < -0.4 is 20.7 Å². The largest absolute Gasteiger partial charge is 0.482 e. The number of hydrogen-bond acceptors (Lipinski definition) is 5. The van der Waals surface area contributed by atoms with Gasteiger partial charge in [0.25, 0.3) is 17.7 Å². The van der Waals surface area contributed by atoms with E-state index >= 15 is 0 Å². The van der Waals surface area contributed by atoms with Crippen molar-refractivity contribution in [3.05, 3.63) is 72.2 Å². The average molecular weight is 377 g/mol. The van der Waals surface area contributed by atoms with E-state index < -0.39 is 0 Å². The van der Waals surface area contributed by atoms with E-state index in [-0.39, 0.29) is 30.1 Å². The van der Waals surface area contributed by atoms with E-state index in [4.69, 9.17) is 9.15 Å². The standard InChI is InChI=1S/C20H15N3O5/c24-18-11-28-16-8-3-12(10-15(16)23-18)19(25)21-13-4-6-14(7-5-13)22-20(26)17-2-1-9-27-17/h1-10H,11H2,(H,21,25)(H,22,26)(H,23,24). The predicted molar refractivity (Wildman–Crippen MR) is 102 cm³/mol. The highest BCUT2D eigenvalue weighted by Gasteiger charge is 2.18. The van der Waals surface area contributed by atoms with Crippen molar-refractivity contribution in [3.8, 4) is 5.75 Å². The smallest absolute Gasteiger partial charge is 0.291 e. The summed E-state index contributed by atoms with van der Waals surface area (Å²) in [5, 5.41) is 8.12. The summed E-state index contributed by atoms with van der Waals surface area (Å²) in [5.74, 6) is -0.235. The van der Waals surface area contributed by atoms with Crippen LogP contribution in [0.1, 0.15) is 20.9 Å². The van der Waals surface area contributed by atoms with Crippen molar-refractivity contribution in [3.63, 3.8) is 0 Å². The third-order valence-electron chi connectivity index (χ3n) is 4.02. The van der Waals surface area contributed by atoms with Crippen molar-refractivity contribution in [1.82, 2.24) is 0 Å². The van der Waals surface area contributed by atoms with Gasteiger partial charge in [0.15, 0.2) is 12.4 Å². The lowest BCUT2D eigenvalue weighted by Crippen LogP contribution is -2.25. The van der Waals surface area contributed by atoms with Gasteiger partial charge in [0, 0.05) is 16.9 Å². The van der Waals surface area contributed by atoms with E-state index in [1.165, 1.54) is 6.26 Å². The lowest BCUT2D eigenvalue weighted by atomic mass is 10.1. The Hall–Kier alpha value is -4.07. The molecule has 3 aromatic rings. The second kappa shape index (κ2) is 7.28. The predicted octanol–water partition coefficient (Wildman–Crippen LogP) is 3.12. The maximum atomic E-state index is 12.5. The van der Waals surface area contributed by atoms with Crippen LogP contribution in [0.5, 0.6) is 5.75 Å². The first-order valence-corrected chi connectivity index (χ1v) is 8.41. The molecule has 0 fully saturated rings. The minimum atomic E-state index is -0.361. The van der Waals surface area contributed by atoms with Gasteiger partial charge in [-0.3, -0.25) is 14.4 Å². The lowest BCUT2D eigenvalue weighted by Gasteiger charge is -2.18. The zero-order valence-corrected chi connectivity index (χ0v) is 14.5. The molecule has 1 aliphatic rings. The lowest BCUT2D eigenvalue weighted by molar-refractivity contribution is -0.118. The van der Waals surface area contributed by atoms with E-state index in [1.54, 1.807) is 54.6 Å². The fourth-order valence-electron chi connectivity index (χ4n) is 2.66. The summed E-state index contributed by atoms with van der Waals surface area (Å²) in [5.41, 5.74) is 1.95. The van der Waals surface area contributed by atoms with Crippen molar-refractivity contribution in [2.75, 3.05) is 22.6 Å². The number of fused-ring (bicyclic) bond motifs is 1. The number of ether oxygens (including phenoxy) is 1. The highest BCUT2D eigenvalue weighted by molar-refractivity contribution is 6.06. The fraction of sp³-hybridized carbons (Fsp3) is 0.0500. The molecule has 8 heteroatoms. The second-order valence-electron chi connectivity index (χ2n) is 6.01. The summed E-state index contributed by atoms with van der Waals surface area (Å²) < 4.78 is 10.3. The van der Waals surface area contributed by atoms with Crippen LogP contribution in [0.3, 0.4) is 0 Å². The fourth-order valence-corrected chi connectivity index (χ4v) is 2.66. The Morgan fingerprint density at radius 1 is 0.929 bits per heavy atom. The third-order valence-corrected chi connectivity index (χ3v) is 4.02. The molecule has 0 saturated carbocycles. The molecule has 0 aliphatic carbocycles. The Kier molecular flexibility index (Phi) is 4.51. The molecule has 0 spiro atoms. The molecule has 0 atom stereocenters. The number of benzene rings is 2. The molecule has 0 unspecified atom stereocenters. The van der Waals surface area contributed by atoms with Crippen molar-refractivity contribution in [1.29, 1.82) is 0 Å². The molecule has 0 radical (unpaired) electrons. The number of rotatable bonds is 4. The van der Waals surface area contributed by atoms with Crippen LogP contribution in [0.25, 0.3) is 0 Å². The molecule has 8 nitrogen and oxygen atoms in total. The number of amides is 3. The monoisotopic (exact) mass is 377 g/mol. The highest BCUT2D eigenvalue weighted by atomic mass is 16.5. The highest BCUT2D eigenvalue weighted by Crippen LogP contribution is 2.28. The molecule has 1 aromatic heterocycles. The van der Waals surface area contributed by atoms with E-state index in [1.807, 2.05) is 0 Å². The summed E-state index contributed by atoms with van der Waals surface area (Å²) >= 11 is 0. The van der Waals surface area contributed by atoms with Crippen LogP contribution in [-0.4, -0.2) is 24.3 Å². The Morgan fingerprint density at radius 3 is 2.32 bits per heavy atom. The van der Waals surface area contributed by atoms with Gasteiger partial charge in [-0.05, 0) is 54.6 Å². The van der Waals surface area contributed by atoms with E-state index in [0.717, 1.165) is 0 Å². The summed E-state index contributed by atoms with van der Waals surface area (Å²) in [6.45, 7) is -0.0403. The van der Waals surface area contributed by atoms with Gasteiger partial charge in [-0.2, -0.15) is 0 Å². The third kappa shape index (κ3) is 3.70. The number of carbonyl (C=O) groups excluding carboxylic acids is 3. The minimum absolute atomic E-state index is 0.0403. The van der Waals surface area contributed by atoms with E-state index in [9.17, 15) is 14.4 Å². The van der Waals surface area contributed by atoms with E-state index in [0.29, 0.717) is 28.4 Å². The topological polar surface area (TPSA) is 110 Å². The van der Waals surface area contributed by atoms with Crippen molar-refractivity contribution >= 4 is 34.8 Å². The van der Waals surface area contributed by atoms with Gasteiger partial charge >= 0.3 is 0 Å². The first kappa shape index (κ1) is 17.3. The second-order valence-corrected chi connectivity index (χ2v) is 6.01. The van der Waals surface area contributed by atoms with Crippen LogP contribution >= 0.6 is 0 Å². The van der Waals surface area contributed by atoms with E-state index in [2.05, 4.69) is 16.0 Å². The van der Waals surface area contributed by atoms with Gasteiger partial charge in [0.2, 0.25) is 0 Å². The molecule has 1 aliphatic heterocycles. The van der Waals surface area contributed by atoms with Gasteiger partial charge in [0.05, 0.1) is 12.0 Å². The number of furan rings is 1. The van der Waals surface area contributed by atoms with Gasteiger partial charge in [-0.15, -0.1) is 0 Å². The number of hydrogen-bond donors (Lipinski definition) is 3.